The lowest BCUT2D eigenvalue weighted by atomic mass is 10.0. The molecule has 3 rings (SSSR count). The number of H-pyrrole nitrogens is 1. The molecule has 8 heteroatoms. The zero-order valence-corrected chi connectivity index (χ0v) is 13.5. The Hall–Kier alpha value is -1.80. The second-order valence-electron chi connectivity index (χ2n) is 5.55. The first-order valence-electron chi connectivity index (χ1n) is 7.27. The molecule has 0 saturated carbocycles. The fraction of sp³-hybridized carbons (Fsp3) is 0.500. The summed E-state index contributed by atoms with van der Waals surface area (Å²) in [6.45, 7) is 2.35. The fourth-order valence-corrected chi connectivity index (χ4v) is 4.02. The Morgan fingerprint density at radius 3 is 2.82 bits per heavy atom. The molecule has 1 saturated heterocycles. The van der Waals surface area contributed by atoms with Crippen molar-refractivity contribution >= 4 is 10.0 Å². The van der Waals surface area contributed by atoms with Crippen molar-refractivity contribution in [3.63, 3.8) is 0 Å². The molecule has 0 spiro atoms. The van der Waals surface area contributed by atoms with E-state index in [0.29, 0.717) is 23.9 Å². The van der Waals surface area contributed by atoms with Gasteiger partial charge in [0.2, 0.25) is 10.0 Å². The van der Waals surface area contributed by atoms with Crippen LogP contribution in [0.4, 0.5) is 0 Å². The number of sulfonamides is 1. The molecule has 3 heterocycles. The van der Waals surface area contributed by atoms with Crippen molar-refractivity contribution in [3.8, 4) is 11.5 Å². The van der Waals surface area contributed by atoms with Crippen molar-refractivity contribution in [3.05, 3.63) is 30.0 Å². The number of nitrogens with one attached hydrogen (secondary N) is 1. The van der Waals surface area contributed by atoms with E-state index in [1.807, 2.05) is 13.0 Å². The molecule has 1 aliphatic rings. The van der Waals surface area contributed by atoms with E-state index < -0.39 is 10.0 Å². The number of nitrogens with zero attached hydrogens (tertiary/aromatic N) is 4. The van der Waals surface area contributed by atoms with Crippen LogP contribution >= 0.6 is 0 Å². The highest BCUT2D eigenvalue weighted by Crippen LogP contribution is 2.32. The van der Waals surface area contributed by atoms with Crippen LogP contribution in [-0.2, 0) is 10.0 Å². The zero-order chi connectivity index (χ0) is 15.7. The summed E-state index contributed by atoms with van der Waals surface area (Å²) in [5.41, 5.74) is 1.43. The van der Waals surface area contributed by atoms with Gasteiger partial charge in [-0.3, -0.25) is 0 Å². The molecular formula is C14H19N5O2S. The van der Waals surface area contributed by atoms with Crippen LogP contribution in [0.25, 0.3) is 11.5 Å². The molecule has 0 aromatic carbocycles. The highest BCUT2D eigenvalue weighted by molar-refractivity contribution is 7.88. The van der Waals surface area contributed by atoms with Crippen molar-refractivity contribution in [2.75, 3.05) is 12.8 Å². The van der Waals surface area contributed by atoms with Crippen LogP contribution in [0.3, 0.4) is 0 Å². The molecule has 1 atom stereocenters. The van der Waals surface area contributed by atoms with E-state index in [1.54, 1.807) is 16.7 Å². The first kappa shape index (κ1) is 15.1. The molecule has 0 unspecified atom stereocenters. The monoisotopic (exact) mass is 321 g/mol. The predicted octanol–water partition coefficient (Wildman–Crippen LogP) is 1.66. The summed E-state index contributed by atoms with van der Waals surface area (Å²) in [4.78, 5) is 16.1. The molecule has 22 heavy (non-hydrogen) atoms. The molecule has 0 amide bonds. The second kappa shape index (κ2) is 5.77. The number of hydrogen-bond donors (Lipinski definition) is 1. The number of aromatic amines is 1. The van der Waals surface area contributed by atoms with Crippen molar-refractivity contribution in [2.24, 2.45) is 0 Å². The van der Waals surface area contributed by atoms with Gasteiger partial charge in [0.1, 0.15) is 11.5 Å². The normalized spacial score (nSPS) is 20.2. The van der Waals surface area contributed by atoms with Gasteiger partial charge in [0, 0.05) is 18.9 Å². The van der Waals surface area contributed by atoms with E-state index in [-0.39, 0.29) is 6.04 Å². The smallest absolute Gasteiger partial charge is 0.211 e. The Morgan fingerprint density at radius 1 is 1.32 bits per heavy atom. The molecule has 2 aromatic rings. The van der Waals surface area contributed by atoms with Gasteiger partial charge in [-0.25, -0.2) is 23.4 Å². The predicted molar refractivity (Wildman–Crippen MR) is 82.5 cm³/mol. The summed E-state index contributed by atoms with van der Waals surface area (Å²) in [6, 6.07) is 1.61. The lowest BCUT2D eigenvalue weighted by molar-refractivity contribution is 0.252. The Morgan fingerprint density at radius 2 is 2.14 bits per heavy atom. The highest BCUT2D eigenvalue weighted by atomic mass is 32.2. The van der Waals surface area contributed by atoms with E-state index >= 15 is 0 Å². The summed E-state index contributed by atoms with van der Waals surface area (Å²) in [7, 11) is -3.25. The van der Waals surface area contributed by atoms with Crippen molar-refractivity contribution in [1.82, 2.24) is 24.2 Å². The Kier molecular flexibility index (Phi) is 3.96. The molecular weight excluding hydrogens is 302 g/mol. The van der Waals surface area contributed by atoms with Crippen LogP contribution < -0.4 is 0 Å². The van der Waals surface area contributed by atoms with Crippen LogP contribution in [0.1, 0.15) is 36.8 Å². The minimum absolute atomic E-state index is 0.223. The van der Waals surface area contributed by atoms with Crippen LogP contribution in [0.2, 0.25) is 0 Å². The van der Waals surface area contributed by atoms with Crippen LogP contribution in [0.5, 0.6) is 0 Å². The van der Waals surface area contributed by atoms with Gasteiger partial charge in [0.25, 0.3) is 0 Å². The van der Waals surface area contributed by atoms with E-state index in [9.17, 15) is 8.42 Å². The van der Waals surface area contributed by atoms with Crippen LogP contribution in [0, 0.1) is 6.92 Å². The SMILES string of the molecule is Cc1nc(-c2ncc[nH]2)cc([C@@H]2CCCCN2S(C)(=O)=O)n1. The molecule has 118 valence electrons. The average molecular weight is 321 g/mol. The Bertz CT molecular complexity index is 758. The Labute approximate surface area is 129 Å². The van der Waals surface area contributed by atoms with E-state index in [0.717, 1.165) is 25.0 Å². The van der Waals surface area contributed by atoms with Gasteiger partial charge in [-0.15, -0.1) is 0 Å². The third-order valence-corrected chi connectivity index (χ3v) is 5.11. The van der Waals surface area contributed by atoms with E-state index in [1.165, 1.54) is 6.26 Å². The van der Waals surface area contributed by atoms with Crippen LogP contribution in [0.15, 0.2) is 18.5 Å². The van der Waals surface area contributed by atoms with Gasteiger partial charge in [-0.2, -0.15) is 4.31 Å². The third kappa shape index (κ3) is 3.02. The molecule has 2 aromatic heterocycles. The zero-order valence-electron chi connectivity index (χ0n) is 12.7. The number of aryl methyl sites for hydroxylation is 1. The summed E-state index contributed by atoms with van der Waals surface area (Å²) < 4.78 is 25.6. The van der Waals surface area contributed by atoms with Gasteiger partial charge in [-0.1, -0.05) is 6.42 Å². The van der Waals surface area contributed by atoms with Crippen LogP contribution in [-0.4, -0.2) is 45.5 Å². The van der Waals surface area contributed by atoms with Crippen molar-refractivity contribution in [2.45, 2.75) is 32.2 Å². The first-order valence-corrected chi connectivity index (χ1v) is 9.12. The average Bonchev–Trinajstić information content (AvgIpc) is 3.00. The Balaban J connectivity index is 2.03. The second-order valence-corrected chi connectivity index (χ2v) is 7.48. The van der Waals surface area contributed by atoms with Gasteiger partial charge >= 0.3 is 0 Å². The lowest BCUT2D eigenvalue weighted by Gasteiger charge is -2.33. The fourth-order valence-electron chi connectivity index (χ4n) is 2.89. The highest BCUT2D eigenvalue weighted by Gasteiger charge is 2.32. The van der Waals surface area contributed by atoms with E-state index in [2.05, 4.69) is 19.9 Å². The number of rotatable bonds is 3. The maximum atomic E-state index is 12.0. The number of aromatic nitrogens is 4. The van der Waals surface area contributed by atoms with Crippen molar-refractivity contribution < 1.29 is 8.42 Å². The summed E-state index contributed by atoms with van der Waals surface area (Å²) in [5, 5.41) is 0. The van der Waals surface area contributed by atoms with Gasteiger partial charge < -0.3 is 4.98 Å². The topological polar surface area (TPSA) is 91.8 Å². The summed E-state index contributed by atoms with van der Waals surface area (Å²) >= 11 is 0. The number of piperidine rings is 1. The van der Waals surface area contributed by atoms with Gasteiger partial charge in [0.05, 0.1) is 18.0 Å². The quantitative estimate of drug-likeness (QED) is 0.928. The maximum absolute atomic E-state index is 12.0. The van der Waals surface area contributed by atoms with Gasteiger partial charge in [0.15, 0.2) is 5.82 Å². The molecule has 0 aliphatic carbocycles. The van der Waals surface area contributed by atoms with Crippen molar-refractivity contribution in [1.29, 1.82) is 0 Å². The maximum Gasteiger partial charge on any atom is 0.211 e. The lowest BCUT2D eigenvalue weighted by Crippen LogP contribution is -2.38. The molecule has 1 fully saturated rings. The molecule has 1 N–H and O–H groups in total. The number of hydrogen-bond acceptors (Lipinski definition) is 5. The van der Waals surface area contributed by atoms with Gasteiger partial charge in [-0.05, 0) is 25.8 Å². The standard InChI is InChI=1S/C14H19N5O2S/c1-10-17-11(9-12(18-10)14-15-6-7-16-14)13-5-3-4-8-19(13)22(2,20)21/h6-7,9,13H,3-5,8H2,1-2H3,(H,15,16)/t13-/m0/s1. The molecule has 7 nitrogen and oxygen atoms in total. The number of imidazole rings is 1. The third-order valence-electron chi connectivity index (χ3n) is 3.82. The summed E-state index contributed by atoms with van der Waals surface area (Å²) in [6.07, 6.45) is 7.31. The minimum atomic E-state index is -3.25. The largest absolute Gasteiger partial charge is 0.343 e. The minimum Gasteiger partial charge on any atom is -0.343 e. The molecule has 1 aliphatic heterocycles. The first-order chi connectivity index (χ1) is 10.4. The molecule has 0 radical (unpaired) electrons. The summed E-state index contributed by atoms with van der Waals surface area (Å²) in [5.74, 6) is 1.27. The molecule has 0 bridgehead atoms. The van der Waals surface area contributed by atoms with E-state index in [4.69, 9.17) is 0 Å².